The molecule has 1 N–H and O–H groups in total. The summed E-state index contributed by atoms with van der Waals surface area (Å²) in [5.74, 6) is 0.426. The minimum absolute atomic E-state index is 0.0265. The van der Waals surface area contributed by atoms with Crippen molar-refractivity contribution in [2.75, 3.05) is 0 Å². The Morgan fingerprint density at radius 2 is 1.80 bits per heavy atom. The lowest BCUT2D eigenvalue weighted by atomic mass is 9.69. The maximum absolute atomic E-state index is 12.2. The fourth-order valence-corrected chi connectivity index (χ4v) is 7.86. The van der Waals surface area contributed by atoms with E-state index in [2.05, 4.69) is 5.32 Å². The molecule has 4 rings (SSSR count). The Bertz CT molecular complexity index is 457. The first kappa shape index (κ1) is 8.56. The van der Waals surface area contributed by atoms with Crippen LogP contribution in [-0.2, 0) is 14.6 Å². The number of hydrogen-bond acceptors (Lipinski definition) is 3. The lowest BCUT2D eigenvalue weighted by Gasteiger charge is -2.42. The number of fused-ring (bicyclic) bond motifs is 8. The lowest BCUT2D eigenvalue weighted by molar-refractivity contribution is -0.136. The summed E-state index contributed by atoms with van der Waals surface area (Å²) in [6.07, 6.45) is 3.21. The van der Waals surface area contributed by atoms with Crippen molar-refractivity contribution in [1.82, 2.24) is 5.32 Å². The van der Waals surface area contributed by atoms with E-state index in [1.54, 1.807) is 0 Å². The van der Waals surface area contributed by atoms with Gasteiger partial charge in [0.25, 0.3) is 0 Å². The van der Waals surface area contributed by atoms with E-state index in [-0.39, 0.29) is 28.4 Å². The molecule has 3 heterocycles. The monoisotopic (exact) mass is 227 g/mol. The predicted molar refractivity (Wildman–Crippen MR) is 52.7 cm³/mol. The molecule has 3 saturated heterocycles. The van der Waals surface area contributed by atoms with E-state index in [1.807, 2.05) is 0 Å². The number of amides is 1. The molecule has 0 aromatic carbocycles. The number of rotatable bonds is 0. The first-order valence-electron chi connectivity index (χ1n) is 5.65. The van der Waals surface area contributed by atoms with Crippen LogP contribution in [0.4, 0.5) is 0 Å². The molecule has 3 aliphatic heterocycles. The third-order valence-electron chi connectivity index (χ3n) is 4.93. The van der Waals surface area contributed by atoms with Crippen LogP contribution in [0, 0.1) is 17.8 Å². The highest BCUT2D eigenvalue weighted by atomic mass is 32.2. The minimum atomic E-state index is -3.00. The smallest absolute Gasteiger partial charge is 0.226 e. The van der Waals surface area contributed by atoms with Gasteiger partial charge >= 0.3 is 0 Å². The van der Waals surface area contributed by atoms with Gasteiger partial charge in [0.05, 0.1) is 22.5 Å². The summed E-state index contributed by atoms with van der Waals surface area (Å²) in [6.45, 7) is 0. The molecule has 0 radical (unpaired) electrons. The average molecular weight is 227 g/mol. The van der Waals surface area contributed by atoms with Crippen molar-refractivity contribution in [3.8, 4) is 0 Å². The number of sulfone groups is 1. The molecule has 15 heavy (non-hydrogen) atoms. The van der Waals surface area contributed by atoms with Gasteiger partial charge in [0, 0.05) is 0 Å². The van der Waals surface area contributed by atoms with Gasteiger partial charge in [-0.1, -0.05) is 6.42 Å². The largest absolute Gasteiger partial charge is 0.351 e. The summed E-state index contributed by atoms with van der Waals surface area (Å²) in [7, 11) is -3.00. The highest BCUT2D eigenvalue weighted by molar-refractivity contribution is 7.93. The van der Waals surface area contributed by atoms with Gasteiger partial charge in [0.1, 0.15) is 0 Å². The standard InChI is InChI=1S/C10H13NO3S/c12-10-6-7(11-10)9-5-3-1-2-4(5)8(6)15(9,13)14/h4-9H,1-3H2,(H,11,12). The molecule has 1 aliphatic carbocycles. The van der Waals surface area contributed by atoms with E-state index in [0.29, 0.717) is 11.8 Å². The molecule has 6 atom stereocenters. The van der Waals surface area contributed by atoms with Gasteiger partial charge in [-0.2, -0.15) is 0 Å². The second-order valence-electron chi connectivity index (χ2n) is 5.34. The van der Waals surface area contributed by atoms with Gasteiger partial charge < -0.3 is 5.32 Å². The van der Waals surface area contributed by atoms with Crippen LogP contribution in [0.2, 0.25) is 0 Å². The second kappa shape index (κ2) is 2.24. The molecular weight excluding hydrogens is 214 g/mol. The van der Waals surface area contributed by atoms with E-state index in [1.165, 1.54) is 0 Å². The molecule has 0 aromatic rings. The first-order chi connectivity index (χ1) is 7.12. The summed E-state index contributed by atoms with van der Waals surface area (Å²) in [6, 6.07) is -0.0353. The van der Waals surface area contributed by atoms with Crippen molar-refractivity contribution >= 4 is 15.7 Å². The number of carbonyl (C=O) groups excluding carboxylic acids is 1. The molecule has 1 amide bonds. The molecule has 0 spiro atoms. The second-order valence-corrected chi connectivity index (χ2v) is 7.60. The highest BCUT2D eigenvalue weighted by Gasteiger charge is 2.73. The van der Waals surface area contributed by atoms with E-state index >= 15 is 0 Å². The molecule has 4 fully saturated rings. The van der Waals surface area contributed by atoms with Gasteiger partial charge in [0.2, 0.25) is 5.91 Å². The third kappa shape index (κ3) is 0.717. The normalized spacial score (nSPS) is 58.3. The first-order valence-corrected chi connectivity index (χ1v) is 7.26. The van der Waals surface area contributed by atoms with E-state index in [4.69, 9.17) is 0 Å². The van der Waals surface area contributed by atoms with Crippen LogP contribution < -0.4 is 5.32 Å². The Morgan fingerprint density at radius 1 is 1.13 bits per heavy atom. The van der Waals surface area contributed by atoms with Gasteiger partial charge in [-0.15, -0.1) is 0 Å². The number of carbonyl (C=O) groups is 1. The van der Waals surface area contributed by atoms with Gasteiger partial charge in [-0.3, -0.25) is 4.79 Å². The maximum atomic E-state index is 12.2. The summed E-state index contributed by atoms with van der Waals surface area (Å²) < 4.78 is 24.4. The summed E-state index contributed by atoms with van der Waals surface area (Å²) in [5, 5.41) is 2.22. The van der Waals surface area contributed by atoms with Crippen molar-refractivity contribution in [2.45, 2.75) is 35.8 Å². The Kier molecular flexibility index (Phi) is 1.28. The predicted octanol–water partition coefficient (Wildman–Crippen LogP) is -0.304. The maximum Gasteiger partial charge on any atom is 0.226 e. The molecule has 4 nitrogen and oxygen atoms in total. The molecule has 6 unspecified atom stereocenters. The number of β-lactam (4-membered cyclic amide) rings is 1. The molecular formula is C10H13NO3S. The van der Waals surface area contributed by atoms with Crippen molar-refractivity contribution < 1.29 is 13.2 Å². The molecule has 1 saturated carbocycles. The van der Waals surface area contributed by atoms with Crippen molar-refractivity contribution in [3.63, 3.8) is 0 Å². The van der Waals surface area contributed by atoms with Gasteiger partial charge in [0.15, 0.2) is 9.84 Å². The van der Waals surface area contributed by atoms with Crippen LogP contribution in [0.5, 0.6) is 0 Å². The number of nitrogens with one attached hydrogen (secondary N) is 1. The summed E-state index contributed by atoms with van der Waals surface area (Å²) in [4.78, 5) is 11.4. The third-order valence-corrected chi connectivity index (χ3v) is 7.74. The highest BCUT2D eigenvalue weighted by Crippen LogP contribution is 2.59. The Hall–Kier alpha value is -0.580. The van der Waals surface area contributed by atoms with Gasteiger partial charge in [-0.05, 0) is 24.7 Å². The van der Waals surface area contributed by atoms with Gasteiger partial charge in [-0.25, -0.2) is 8.42 Å². The molecule has 82 valence electrons. The van der Waals surface area contributed by atoms with Crippen molar-refractivity contribution in [3.05, 3.63) is 0 Å². The van der Waals surface area contributed by atoms with Crippen LogP contribution >= 0.6 is 0 Å². The molecule has 2 bridgehead atoms. The summed E-state index contributed by atoms with van der Waals surface area (Å²) >= 11 is 0. The number of hydrogen-bond donors (Lipinski definition) is 1. The zero-order valence-corrected chi connectivity index (χ0v) is 9.03. The SMILES string of the molecule is O=C1NC2C1C1C3CCCC3C2S1(=O)=O. The molecule has 0 aromatic heterocycles. The zero-order chi connectivity index (χ0) is 10.4. The quantitative estimate of drug-likeness (QED) is 0.578. The van der Waals surface area contributed by atoms with Crippen LogP contribution in [-0.4, -0.2) is 30.9 Å². The van der Waals surface area contributed by atoms with Crippen LogP contribution in [0.3, 0.4) is 0 Å². The van der Waals surface area contributed by atoms with Crippen LogP contribution in [0.15, 0.2) is 0 Å². The van der Waals surface area contributed by atoms with Crippen molar-refractivity contribution in [1.29, 1.82) is 0 Å². The van der Waals surface area contributed by atoms with Crippen molar-refractivity contribution in [2.24, 2.45) is 17.8 Å². The van der Waals surface area contributed by atoms with Crippen LogP contribution in [0.1, 0.15) is 19.3 Å². The fraction of sp³-hybridized carbons (Fsp3) is 0.900. The Labute approximate surface area is 88.3 Å². The fourth-order valence-electron chi connectivity index (χ4n) is 4.50. The Morgan fingerprint density at radius 3 is 2.47 bits per heavy atom. The average Bonchev–Trinajstić information content (AvgIpc) is 2.72. The van der Waals surface area contributed by atoms with E-state index in [0.717, 1.165) is 19.3 Å². The zero-order valence-electron chi connectivity index (χ0n) is 8.22. The topological polar surface area (TPSA) is 63.2 Å². The van der Waals surface area contributed by atoms with E-state index < -0.39 is 9.84 Å². The molecule has 4 aliphatic rings. The van der Waals surface area contributed by atoms with Crippen LogP contribution in [0.25, 0.3) is 0 Å². The summed E-state index contributed by atoms with van der Waals surface area (Å²) in [5.41, 5.74) is 0. The minimum Gasteiger partial charge on any atom is -0.351 e. The Balaban J connectivity index is 1.89. The molecule has 5 heteroatoms. The lowest BCUT2D eigenvalue weighted by Crippen LogP contribution is -2.65. The van der Waals surface area contributed by atoms with E-state index in [9.17, 15) is 13.2 Å².